The topological polar surface area (TPSA) is 34.1 Å². The van der Waals surface area contributed by atoms with Crippen LogP contribution in [0.5, 0.6) is 0 Å². The van der Waals surface area contributed by atoms with Crippen LogP contribution < -0.4 is 5.32 Å². The Balaban J connectivity index is 2.33. The van der Waals surface area contributed by atoms with Crippen LogP contribution in [0.2, 0.25) is 0 Å². The van der Waals surface area contributed by atoms with Gasteiger partial charge in [0.05, 0.1) is 11.1 Å². The van der Waals surface area contributed by atoms with Gasteiger partial charge in [-0.25, -0.2) is 0 Å². The number of rotatable bonds is 5. The lowest BCUT2D eigenvalue weighted by atomic mass is 10.1. The zero-order chi connectivity index (χ0) is 15.5. The molecule has 0 bridgehead atoms. The fraction of sp³-hybridized carbons (Fsp3) is 0.400. The summed E-state index contributed by atoms with van der Waals surface area (Å²) in [5.41, 5.74) is 1.14. The summed E-state index contributed by atoms with van der Waals surface area (Å²) in [6.07, 6.45) is -3.54. The van der Waals surface area contributed by atoms with E-state index in [2.05, 4.69) is 10.3 Å². The number of anilines is 1. The second-order valence-corrected chi connectivity index (χ2v) is 4.81. The molecule has 0 saturated heterocycles. The summed E-state index contributed by atoms with van der Waals surface area (Å²) in [5, 5.41) is 3.91. The number of nitrogens with zero attached hydrogens (tertiary/aromatic N) is 1. The number of aromatic nitrogens is 1. The van der Waals surface area contributed by atoms with Crippen LogP contribution >= 0.6 is 0 Å². The number of nitrogens with one attached hydrogen (secondary N) is 1. The van der Waals surface area contributed by atoms with Crippen LogP contribution in [0.4, 0.5) is 18.9 Å². The summed E-state index contributed by atoms with van der Waals surface area (Å²) in [6, 6.07) is 5.47. The Bertz CT molecular complexity index is 626. The molecule has 0 atom stereocenters. The lowest BCUT2D eigenvalue weighted by Gasteiger charge is -2.12. The minimum Gasteiger partial charge on any atom is -0.385 e. The Morgan fingerprint density at radius 1 is 1.24 bits per heavy atom. The van der Waals surface area contributed by atoms with Gasteiger partial charge in [-0.1, -0.05) is 6.07 Å². The van der Waals surface area contributed by atoms with Crippen molar-refractivity contribution < 1.29 is 17.9 Å². The second-order valence-electron chi connectivity index (χ2n) is 4.81. The molecular formula is C15H17F3N2O. The quantitative estimate of drug-likeness (QED) is 0.847. The average molecular weight is 298 g/mol. The SMILES string of the molecule is COCCCNc1cc(C)nc2cc(C(F)(F)F)ccc12. The minimum atomic E-state index is -4.36. The first-order chi connectivity index (χ1) is 9.91. The van der Waals surface area contributed by atoms with Crippen LogP contribution in [-0.2, 0) is 10.9 Å². The molecule has 0 aliphatic carbocycles. The summed E-state index contributed by atoms with van der Waals surface area (Å²) in [6.45, 7) is 3.08. The number of hydrogen-bond acceptors (Lipinski definition) is 3. The first-order valence-electron chi connectivity index (χ1n) is 6.63. The van der Waals surface area contributed by atoms with E-state index in [0.29, 0.717) is 29.7 Å². The normalized spacial score (nSPS) is 11.9. The van der Waals surface area contributed by atoms with Crippen LogP contribution in [0.15, 0.2) is 24.3 Å². The van der Waals surface area contributed by atoms with E-state index in [-0.39, 0.29) is 0 Å². The van der Waals surface area contributed by atoms with Gasteiger partial charge in [-0.2, -0.15) is 13.2 Å². The molecule has 0 aliphatic heterocycles. The van der Waals surface area contributed by atoms with Crippen LogP contribution in [0.25, 0.3) is 10.9 Å². The summed E-state index contributed by atoms with van der Waals surface area (Å²) < 4.78 is 43.2. The highest BCUT2D eigenvalue weighted by molar-refractivity contribution is 5.91. The molecule has 6 heteroatoms. The third-order valence-electron chi connectivity index (χ3n) is 3.11. The van der Waals surface area contributed by atoms with Crippen LogP contribution in [0, 0.1) is 6.92 Å². The maximum atomic E-state index is 12.7. The van der Waals surface area contributed by atoms with Crippen molar-refractivity contribution in [2.45, 2.75) is 19.5 Å². The second kappa shape index (κ2) is 6.30. The molecule has 1 aromatic heterocycles. The van der Waals surface area contributed by atoms with E-state index in [1.54, 1.807) is 14.0 Å². The van der Waals surface area contributed by atoms with Crippen molar-refractivity contribution in [3.8, 4) is 0 Å². The highest BCUT2D eigenvalue weighted by Gasteiger charge is 2.30. The molecule has 0 saturated carbocycles. The van der Waals surface area contributed by atoms with Gasteiger partial charge in [-0.3, -0.25) is 4.98 Å². The van der Waals surface area contributed by atoms with E-state index in [4.69, 9.17) is 4.74 Å². The predicted molar refractivity (Wildman–Crippen MR) is 76.5 cm³/mol. The van der Waals surface area contributed by atoms with E-state index >= 15 is 0 Å². The fourth-order valence-corrected chi connectivity index (χ4v) is 2.12. The molecule has 2 rings (SSSR count). The van der Waals surface area contributed by atoms with Crippen molar-refractivity contribution in [3.05, 3.63) is 35.5 Å². The van der Waals surface area contributed by atoms with Gasteiger partial charge in [0.25, 0.3) is 0 Å². The van der Waals surface area contributed by atoms with Crippen molar-refractivity contribution in [2.24, 2.45) is 0 Å². The van der Waals surface area contributed by atoms with Gasteiger partial charge in [0, 0.05) is 37.0 Å². The van der Waals surface area contributed by atoms with Crippen LogP contribution in [0.1, 0.15) is 17.7 Å². The molecular weight excluding hydrogens is 281 g/mol. The lowest BCUT2D eigenvalue weighted by Crippen LogP contribution is -2.07. The molecule has 0 spiro atoms. The number of fused-ring (bicyclic) bond motifs is 1. The molecule has 1 aromatic carbocycles. The fourth-order valence-electron chi connectivity index (χ4n) is 2.12. The van der Waals surface area contributed by atoms with Gasteiger partial charge in [0.1, 0.15) is 0 Å². The summed E-state index contributed by atoms with van der Waals surface area (Å²) >= 11 is 0. The number of alkyl halides is 3. The molecule has 21 heavy (non-hydrogen) atoms. The molecule has 3 nitrogen and oxygen atoms in total. The summed E-state index contributed by atoms with van der Waals surface area (Å²) in [5.74, 6) is 0. The first-order valence-corrected chi connectivity index (χ1v) is 6.63. The summed E-state index contributed by atoms with van der Waals surface area (Å²) in [7, 11) is 1.63. The third kappa shape index (κ3) is 3.85. The maximum Gasteiger partial charge on any atom is 0.416 e. The van der Waals surface area contributed by atoms with Gasteiger partial charge in [0.15, 0.2) is 0 Å². The Morgan fingerprint density at radius 3 is 2.67 bits per heavy atom. The average Bonchev–Trinajstić information content (AvgIpc) is 2.41. The number of methoxy groups -OCH3 is 1. The third-order valence-corrected chi connectivity index (χ3v) is 3.11. The highest BCUT2D eigenvalue weighted by atomic mass is 19.4. The molecule has 0 radical (unpaired) electrons. The standard InChI is InChI=1S/C15H17F3N2O/c1-10-8-13(19-6-3-7-21-2)12-5-4-11(15(16,17)18)9-14(12)20-10/h4-5,8-9H,3,6-7H2,1-2H3,(H,19,20). The van der Waals surface area contributed by atoms with Gasteiger partial charge >= 0.3 is 6.18 Å². The maximum absolute atomic E-state index is 12.7. The Kier molecular flexibility index (Phi) is 4.67. The molecule has 0 amide bonds. The van der Waals surface area contributed by atoms with Crippen molar-refractivity contribution in [3.63, 3.8) is 0 Å². The molecule has 1 N–H and O–H groups in total. The van der Waals surface area contributed by atoms with Gasteiger partial charge in [-0.15, -0.1) is 0 Å². The molecule has 114 valence electrons. The molecule has 0 unspecified atom stereocenters. The number of hydrogen-bond donors (Lipinski definition) is 1. The van der Waals surface area contributed by atoms with Gasteiger partial charge < -0.3 is 10.1 Å². The van der Waals surface area contributed by atoms with E-state index in [1.807, 2.05) is 6.07 Å². The largest absolute Gasteiger partial charge is 0.416 e. The monoisotopic (exact) mass is 298 g/mol. The molecule has 2 aromatic rings. The highest BCUT2D eigenvalue weighted by Crippen LogP contribution is 2.33. The van der Waals surface area contributed by atoms with Gasteiger partial charge in [-0.05, 0) is 31.5 Å². The van der Waals surface area contributed by atoms with E-state index in [0.717, 1.165) is 24.2 Å². The Labute approximate surface area is 121 Å². The zero-order valence-corrected chi connectivity index (χ0v) is 11.9. The summed E-state index contributed by atoms with van der Waals surface area (Å²) in [4.78, 5) is 4.19. The smallest absolute Gasteiger partial charge is 0.385 e. The van der Waals surface area contributed by atoms with Gasteiger partial charge in [0.2, 0.25) is 0 Å². The Morgan fingerprint density at radius 2 is 2.00 bits per heavy atom. The number of benzene rings is 1. The molecule has 0 aliphatic rings. The zero-order valence-electron chi connectivity index (χ0n) is 11.9. The van der Waals surface area contributed by atoms with Crippen molar-refractivity contribution in [1.29, 1.82) is 0 Å². The number of ether oxygens (including phenoxy) is 1. The van der Waals surface area contributed by atoms with Crippen molar-refractivity contribution >= 4 is 16.6 Å². The van der Waals surface area contributed by atoms with Crippen molar-refractivity contribution in [2.75, 3.05) is 25.6 Å². The predicted octanol–water partition coefficient (Wildman–Crippen LogP) is 4.01. The van der Waals surface area contributed by atoms with E-state index < -0.39 is 11.7 Å². The molecule has 1 heterocycles. The van der Waals surface area contributed by atoms with E-state index in [9.17, 15) is 13.2 Å². The number of pyridine rings is 1. The van der Waals surface area contributed by atoms with Crippen molar-refractivity contribution in [1.82, 2.24) is 4.98 Å². The van der Waals surface area contributed by atoms with Crippen LogP contribution in [0.3, 0.4) is 0 Å². The van der Waals surface area contributed by atoms with E-state index in [1.165, 1.54) is 6.07 Å². The lowest BCUT2D eigenvalue weighted by molar-refractivity contribution is -0.137. The van der Waals surface area contributed by atoms with Crippen LogP contribution in [-0.4, -0.2) is 25.2 Å². The number of aryl methyl sites for hydroxylation is 1. The first kappa shape index (κ1) is 15.6. The minimum absolute atomic E-state index is 0.346. The number of halogens is 3. The Hall–Kier alpha value is -1.82. The molecule has 0 fully saturated rings.